The molecule has 2 aromatic rings. The van der Waals surface area contributed by atoms with Gasteiger partial charge in [0.1, 0.15) is 11.5 Å². The summed E-state index contributed by atoms with van der Waals surface area (Å²) < 4.78 is 0. The van der Waals surface area contributed by atoms with Crippen LogP contribution in [0.25, 0.3) is 11.4 Å². The van der Waals surface area contributed by atoms with Crippen molar-refractivity contribution >= 4 is 11.7 Å². The van der Waals surface area contributed by atoms with Crippen molar-refractivity contribution in [2.24, 2.45) is 11.8 Å². The number of anilines is 1. The molecule has 128 valence electrons. The Bertz CT molecular complexity index is 808. The van der Waals surface area contributed by atoms with Gasteiger partial charge in [0, 0.05) is 30.8 Å². The number of fused-ring (bicyclic) bond motifs is 2. The molecule has 5 heteroatoms. The number of carbonyl (C=O) groups excluding carboxylic acids is 1. The third-order valence-electron chi connectivity index (χ3n) is 5.92. The lowest BCUT2D eigenvalue weighted by Crippen LogP contribution is -2.35. The summed E-state index contributed by atoms with van der Waals surface area (Å²) in [6.07, 6.45) is 4.85. The first-order valence-corrected chi connectivity index (χ1v) is 9.29. The number of amides is 1. The van der Waals surface area contributed by atoms with E-state index in [9.17, 15) is 4.79 Å². The number of benzene rings is 1. The first kappa shape index (κ1) is 14.9. The number of hydrogen-bond donors (Lipinski definition) is 1. The van der Waals surface area contributed by atoms with Crippen molar-refractivity contribution in [1.82, 2.24) is 15.3 Å². The fourth-order valence-corrected chi connectivity index (χ4v) is 4.66. The van der Waals surface area contributed by atoms with Gasteiger partial charge in [0.25, 0.3) is 5.91 Å². The fourth-order valence-electron chi connectivity index (χ4n) is 4.66. The molecule has 5 rings (SSSR count). The zero-order valence-electron chi connectivity index (χ0n) is 14.2. The summed E-state index contributed by atoms with van der Waals surface area (Å²) in [6.45, 7) is 2.82. The minimum atomic E-state index is -0.0681. The van der Waals surface area contributed by atoms with Crippen LogP contribution in [-0.2, 0) is 6.42 Å². The average Bonchev–Trinajstić information content (AvgIpc) is 3.24. The van der Waals surface area contributed by atoms with Crippen LogP contribution in [-0.4, -0.2) is 35.5 Å². The molecule has 1 saturated carbocycles. The highest BCUT2D eigenvalue weighted by molar-refractivity contribution is 5.96. The lowest BCUT2D eigenvalue weighted by molar-refractivity contribution is 0.0940. The average molecular weight is 334 g/mol. The fraction of sp³-hybridized carbons (Fsp3) is 0.450. The monoisotopic (exact) mass is 334 g/mol. The highest BCUT2D eigenvalue weighted by Crippen LogP contribution is 2.40. The van der Waals surface area contributed by atoms with Gasteiger partial charge in [0.2, 0.25) is 0 Å². The molecule has 0 bridgehead atoms. The molecule has 2 fully saturated rings. The number of hydrogen-bond acceptors (Lipinski definition) is 4. The summed E-state index contributed by atoms with van der Waals surface area (Å²) in [5.74, 6) is 3.17. The Morgan fingerprint density at radius 3 is 2.56 bits per heavy atom. The second-order valence-electron chi connectivity index (χ2n) is 7.43. The van der Waals surface area contributed by atoms with E-state index in [4.69, 9.17) is 4.98 Å². The van der Waals surface area contributed by atoms with Crippen molar-refractivity contribution in [3.8, 4) is 11.4 Å². The van der Waals surface area contributed by atoms with Gasteiger partial charge in [-0.1, -0.05) is 36.8 Å². The molecule has 1 aliphatic carbocycles. The van der Waals surface area contributed by atoms with Crippen LogP contribution >= 0.6 is 0 Å². The van der Waals surface area contributed by atoms with Crippen molar-refractivity contribution in [2.75, 3.05) is 24.5 Å². The SMILES string of the molecule is O=C1NCCc2c1nc(-c1ccccc1)nc2N1C[C@H]2CCC[C@H]2C1. The van der Waals surface area contributed by atoms with Gasteiger partial charge in [-0.15, -0.1) is 0 Å². The maximum Gasteiger partial charge on any atom is 0.270 e. The van der Waals surface area contributed by atoms with Gasteiger partial charge in [-0.05, 0) is 31.1 Å². The summed E-state index contributed by atoms with van der Waals surface area (Å²) in [5.41, 5.74) is 2.56. The standard InChI is InChI=1S/C20H22N4O/c25-20-17-16(9-10-21-20)19(24-11-14-7-4-8-15(14)12-24)23-18(22-17)13-5-2-1-3-6-13/h1-3,5-6,14-15H,4,7-12H2,(H,21,25)/t14-,15+. The van der Waals surface area contributed by atoms with E-state index in [-0.39, 0.29) is 5.91 Å². The maximum absolute atomic E-state index is 12.4. The van der Waals surface area contributed by atoms with Crippen LogP contribution in [0.5, 0.6) is 0 Å². The molecule has 25 heavy (non-hydrogen) atoms. The Kier molecular flexibility index (Phi) is 3.47. The van der Waals surface area contributed by atoms with E-state index in [0.29, 0.717) is 18.1 Å². The van der Waals surface area contributed by atoms with Crippen LogP contribution in [0.3, 0.4) is 0 Å². The maximum atomic E-state index is 12.4. The number of rotatable bonds is 2. The third kappa shape index (κ3) is 2.49. The predicted octanol–water partition coefficient (Wildman–Crippen LogP) is 2.67. The van der Waals surface area contributed by atoms with Gasteiger partial charge in [-0.25, -0.2) is 9.97 Å². The molecular formula is C20H22N4O. The predicted molar refractivity (Wildman–Crippen MR) is 96.5 cm³/mol. The van der Waals surface area contributed by atoms with Crippen LogP contribution in [0.2, 0.25) is 0 Å². The van der Waals surface area contributed by atoms with Crippen LogP contribution < -0.4 is 10.2 Å². The van der Waals surface area contributed by atoms with E-state index >= 15 is 0 Å². The first-order valence-electron chi connectivity index (χ1n) is 9.29. The Labute approximate surface area is 147 Å². The smallest absolute Gasteiger partial charge is 0.270 e. The van der Waals surface area contributed by atoms with Crippen molar-refractivity contribution < 1.29 is 4.79 Å². The number of aromatic nitrogens is 2. The van der Waals surface area contributed by atoms with Crippen LogP contribution in [0.15, 0.2) is 30.3 Å². The van der Waals surface area contributed by atoms with Gasteiger partial charge in [0.05, 0.1) is 0 Å². The second-order valence-corrected chi connectivity index (χ2v) is 7.43. The lowest BCUT2D eigenvalue weighted by Gasteiger charge is -2.26. The van der Waals surface area contributed by atoms with Crippen molar-refractivity contribution in [1.29, 1.82) is 0 Å². The number of nitrogens with one attached hydrogen (secondary N) is 1. The van der Waals surface area contributed by atoms with E-state index in [0.717, 1.165) is 48.3 Å². The van der Waals surface area contributed by atoms with Gasteiger partial charge in [0.15, 0.2) is 5.82 Å². The molecule has 0 spiro atoms. The summed E-state index contributed by atoms with van der Waals surface area (Å²) in [4.78, 5) is 24.4. The van der Waals surface area contributed by atoms with Crippen LogP contribution in [0.1, 0.15) is 35.3 Å². The molecule has 1 aromatic heterocycles. The summed E-state index contributed by atoms with van der Waals surface area (Å²) in [7, 11) is 0. The molecular weight excluding hydrogens is 312 g/mol. The van der Waals surface area contributed by atoms with Crippen molar-refractivity contribution in [2.45, 2.75) is 25.7 Å². The van der Waals surface area contributed by atoms with E-state index in [1.165, 1.54) is 19.3 Å². The Hall–Kier alpha value is -2.43. The van der Waals surface area contributed by atoms with E-state index in [1.54, 1.807) is 0 Å². The molecule has 0 unspecified atom stereocenters. The zero-order chi connectivity index (χ0) is 16.8. The third-order valence-corrected chi connectivity index (χ3v) is 5.92. The summed E-state index contributed by atoms with van der Waals surface area (Å²) >= 11 is 0. The van der Waals surface area contributed by atoms with Crippen LogP contribution in [0.4, 0.5) is 5.82 Å². The molecule has 2 atom stereocenters. The van der Waals surface area contributed by atoms with Crippen molar-refractivity contribution in [3.63, 3.8) is 0 Å². The molecule has 5 nitrogen and oxygen atoms in total. The molecule has 0 radical (unpaired) electrons. The molecule has 1 amide bonds. The second kappa shape index (κ2) is 5.83. The van der Waals surface area contributed by atoms with Gasteiger partial charge in [-0.2, -0.15) is 0 Å². The molecule has 1 aromatic carbocycles. The summed E-state index contributed by atoms with van der Waals surface area (Å²) in [5, 5.41) is 2.93. The molecule has 3 aliphatic rings. The highest BCUT2D eigenvalue weighted by atomic mass is 16.1. The zero-order valence-corrected chi connectivity index (χ0v) is 14.2. The van der Waals surface area contributed by atoms with Crippen LogP contribution in [0, 0.1) is 11.8 Å². The van der Waals surface area contributed by atoms with E-state index < -0.39 is 0 Å². The van der Waals surface area contributed by atoms with E-state index in [2.05, 4.69) is 15.2 Å². The Morgan fingerprint density at radius 1 is 1.04 bits per heavy atom. The number of nitrogens with zero attached hydrogens (tertiary/aromatic N) is 3. The van der Waals surface area contributed by atoms with Crippen molar-refractivity contribution in [3.05, 3.63) is 41.6 Å². The lowest BCUT2D eigenvalue weighted by atomic mass is 10.0. The number of carbonyl (C=O) groups is 1. The minimum absolute atomic E-state index is 0.0681. The molecule has 1 N–H and O–H groups in total. The Balaban J connectivity index is 1.61. The van der Waals surface area contributed by atoms with Gasteiger partial charge < -0.3 is 10.2 Å². The van der Waals surface area contributed by atoms with Gasteiger partial charge in [-0.3, -0.25) is 4.79 Å². The Morgan fingerprint density at radius 2 is 1.80 bits per heavy atom. The highest BCUT2D eigenvalue weighted by Gasteiger charge is 2.38. The molecule has 2 aliphatic heterocycles. The molecule has 3 heterocycles. The minimum Gasteiger partial charge on any atom is -0.356 e. The largest absolute Gasteiger partial charge is 0.356 e. The topological polar surface area (TPSA) is 58.1 Å². The van der Waals surface area contributed by atoms with E-state index in [1.807, 2.05) is 30.3 Å². The first-order chi connectivity index (χ1) is 12.3. The summed E-state index contributed by atoms with van der Waals surface area (Å²) in [6, 6.07) is 9.96. The molecule has 1 saturated heterocycles. The van der Waals surface area contributed by atoms with Gasteiger partial charge >= 0.3 is 0 Å². The normalized spacial score (nSPS) is 24.8. The quantitative estimate of drug-likeness (QED) is 0.917.